The number of likely N-dealkylation sites (N-methyl/N-ethyl adjacent to an activating group) is 1. The molecule has 0 aliphatic rings. The Bertz CT molecular complexity index is 597. The predicted molar refractivity (Wildman–Crippen MR) is 76.1 cm³/mol. The van der Waals surface area contributed by atoms with E-state index in [1.165, 1.54) is 0 Å². The van der Waals surface area contributed by atoms with Crippen molar-refractivity contribution in [2.45, 2.75) is 19.5 Å². The first-order valence-corrected chi connectivity index (χ1v) is 6.14. The molecule has 2 rings (SSSR count). The summed E-state index contributed by atoms with van der Waals surface area (Å²) in [7, 11) is 1.92. The highest BCUT2D eigenvalue weighted by atomic mass is 16.4. The average Bonchev–Trinajstić information content (AvgIpc) is 2.45. The van der Waals surface area contributed by atoms with Crippen LogP contribution in [0.1, 0.15) is 12.6 Å². The second-order valence-corrected chi connectivity index (χ2v) is 4.61. The van der Waals surface area contributed by atoms with Gasteiger partial charge in [0.15, 0.2) is 5.84 Å². The highest BCUT2D eigenvalue weighted by Crippen LogP contribution is 2.13. The number of hydrogen-bond donors (Lipinski definition) is 2. The van der Waals surface area contributed by atoms with Gasteiger partial charge in [-0.15, -0.1) is 0 Å². The van der Waals surface area contributed by atoms with E-state index in [-0.39, 0.29) is 11.9 Å². The number of amidine groups is 1. The Morgan fingerprint density at radius 2 is 2.11 bits per heavy atom. The van der Waals surface area contributed by atoms with Crippen LogP contribution in [0.4, 0.5) is 0 Å². The van der Waals surface area contributed by atoms with Gasteiger partial charge in [0, 0.05) is 11.9 Å². The van der Waals surface area contributed by atoms with Crippen molar-refractivity contribution in [3.8, 4) is 0 Å². The third-order valence-corrected chi connectivity index (χ3v) is 3.27. The average molecular weight is 258 g/mol. The topological polar surface area (TPSA) is 74.7 Å². The molecule has 0 aliphatic carbocycles. The van der Waals surface area contributed by atoms with Gasteiger partial charge in [-0.05, 0) is 26.1 Å². The van der Waals surface area contributed by atoms with E-state index >= 15 is 0 Å². The SMILES string of the molecule is CC(C(N)=NO)N(C)Cc1ccc2ccccc2n1. The summed E-state index contributed by atoms with van der Waals surface area (Å²) < 4.78 is 0. The van der Waals surface area contributed by atoms with Crippen molar-refractivity contribution in [2.24, 2.45) is 10.9 Å². The second-order valence-electron chi connectivity index (χ2n) is 4.61. The fourth-order valence-electron chi connectivity index (χ4n) is 1.90. The van der Waals surface area contributed by atoms with Crippen molar-refractivity contribution in [3.63, 3.8) is 0 Å². The Hall–Kier alpha value is -2.14. The molecule has 0 saturated carbocycles. The molecule has 0 radical (unpaired) electrons. The molecule has 100 valence electrons. The molecule has 0 spiro atoms. The van der Waals surface area contributed by atoms with Crippen molar-refractivity contribution in [2.75, 3.05) is 7.05 Å². The maximum atomic E-state index is 8.68. The van der Waals surface area contributed by atoms with Crippen LogP contribution in [0.3, 0.4) is 0 Å². The number of pyridine rings is 1. The standard InChI is InChI=1S/C14H18N4O/c1-10(14(15)17-19)18(2)9-12-8-7-11-5-3-4-6-13(11)16-12/h3-8,10,19H,9H2,1-2H3,(H2,15,17). The zero-order valence-electron chi connectivity index (χ0n) is 11.1. The summed E-state index contributed by atoms with van der Waals surface area (Å²) in [5.41, 5.74) is 7.53. The van der Waals surface area contributed by atoms with E-state index in [0.29, 0.717) is 6.54 Å². The Balaban J connectivity index is 2.17. The summed E-state index contributed by atoms with van der Waals surface area (Å²) in [6.45, 7) is 2.53. The van der Waals surface area contributed by atoms with Crippen LogP contribution in [-0.4, -0.2) is 34.0 Å². The van der Waals surface area contributed by atoms with Crippen LogP contribution in [0, 0.1) is 0 Å². The fraction of sp³-hybridized carbons (Fsp3) is 0.286. The van der Waals surface area contributed by atoms with Crippen LogP contribution in [0.5, 0.6) is 0 Å². The van der Waals surface area contributed by atoms with Crippen molar-refractivity contribution < 1.29 is 5.21 Å². The number of para-hydroxylation sites is 1. The van der Waals surface area contributed by atoms with E-state index in [0.717, 1.165) is 16.6 Å². The van der Waals surface area contributed by atoms with Crippen molar-refractivity contribution in [3.05, 3.63) is 42.1 Å². The normalized spacial score (nSPS) is 13.9. The second kappa shape index (κ2) is 5.67. The first-order chi connectivity index (χ1) is 9.11. The zero-order chi connectivity index (χ0) is 13.8. The van der Waals surface area contributed by atoms with Gasteiger partial charge < -0.3 is 10.9 Å². The summed E-state index contributed by atoms with van der Waals surface area (Å²) in [5, 5.41) is 12.8. The van der Waals surface area contributed by atoms with Crippen LogP contribution in [-0.2, 0) is 6.54 Å². The summed E-state index contributed by atoms with van der Waals surface area (Å²) in [4.78, 5) is 6.58. The molecule has 0 fully saturated rings. The smallest absolute Gasteiger partial charge is 0.156 e. The number of nitrogens with two attached hydrogens (primary N) is 1. The molecule has 1 unspecified atom stereocenters. The van der Waals surface area contributed by atoms with E-state index < -0.39 is 0 Å². The van der Waals surface area contributed by atoms with E-state index in [1.807, 2.05) is 49.2 Å². The minimum Gasteiger partial charge on any atom is -0.409 e. The first-order valence-electron chi connectivity index (χ1n) is 6.14. The Labute approximate surface area is 112 Å². The summed E-state index contributed by atoms with van der Waals surface area (Å²) >= 11 is 0. The Morgan fingerprint density at radius 3 is 2.84 bits per heavy atom. The first kappa shape index (κ1) is 13.3. The minimum absolute atomic E-state index is 0.140. The van der Waals surface area contributed by atoms with E-state index in [1.54, 1.807) is 0 Å². The quantitative estimate of drug-likeness (QED) is 0.379. The molecule has 1 aromatic carbocycles. The van der Waals surface area contributed by atoms with Gasteiger partial charge in [-0.3, -0.25) is 9.88 Å². The lowest BCUT2D eigenvalue weighted by Gasteiger charge is -2.23. The molecule has 5 nitrogen and oxygen atoms in total. The van der Waals surface area contributed by atoms with Gasteiger partial charge in [0.2, 0.25) is 0 Å². The lowest BCUT2D eigenvalue weighted by molar-refractivity contribution is 0.277. The molecular weight excluding hydrogens is 240 g/mol. The largest absolute Gasteiger partial charge is 0.409 e. The van der Waals surface area contributed by atoms with Gasteiger partial charge in [0.25, 0.3) is 0 Å². The molecule has 0 aliphatic heterocycles. The number of oxime groups is 1. The van der Waals surface area contributed by atoms with Gasteiger partial charge in [-0.1, -0.05) is 29.4 Å². The van der Waals surface area contributed by atoms with Crippen LogP contribution in [0.2, 0.25) is 0 Å². The highest BCUT2D eigenvalue weighted by Gasteiger charge is 2.14. The van der Waals surface area contributed by atoms with Crippen molar-refractivity contribution >= 4 is 16.7 Å². The Kier molecular flexibility index (Phi) is 3.97. The number of aromatic nitrogens is 1. The lowest BCUT2D eigenvalue weighted by Crippen LogP contribution is -2.40. The summed E-state index contributed by atoms with van der Waals surface area (Å²) in [6, 6.07) is 11.9. The van der Waals surface area contributed by atoms with Crippen LogP contribution in [0.25, 0.3) is 10.9 Å². The van der Waals surface area contributed by atoms with Gasteiger partial charge in [-0.2, -0.15) is 0 Å². The molecule has 3 N–H and O–H groups in total. The molecule has 1 heterocycles. The lowest BCUT2D eigenvalue weighted by atomic mass is 10.2. The number of hydrogen-bond acceptors (Lipinski definition) is 4. The fourth-order valence-corrected chi connectivity index (χ4v) is 1.90. The van der Waals surface area contributed by atoms with Crippen LogP contribution < -0.4 is 5.73 Å². The zero-order valence-corrected chi connectivity index (χ0v) is 11.1. The monoisotopic (exact) mass is 258 g/mol. The van der Waals surface area contributed by atoms with Crippen molar-refractivity contribution in [1.82, 2.24) is 9.88 Å². The molecule has 1 atom stereocenters. The number of rotatable bonds is 4. The summed E-state index contributed by atoms with van der Waals surface area (Å²) in [5.74, 6) is 0.197. The molecular formula is C14H18N4O. The third-order valence-electron chi connectivity index (χ3n) is 3.27. The van der Waals surface area contributed by atoms with Crippen LogP contribution >= 0.6 is 0 Å². The molecule has 0 amide bonds. The van der Waals surface area contributed by atoms with E-state index in [9.17, 15) is 0 Å². The van der Waals surface area contributed by atoms with Crippen molar-refractivity contribution in [1.29, 1.82) is 0 Å². The molecule has 2 aromatic rings. The predicted octanol–water partition coefficient (Wildman–Crippen LogP) is 1.80. The summed E-state index contributed by atoms with van der Waals surface area (Å²) in [6.07, 6.45) is 0. The molecule has 0 saturated heterocycles. The van der Waals surface area contributed by atoms with Gasteiger partial charge >= 0.3 is 0 Å². The van der Waals surface area contributed by atoms with E-state index in [4.69, 9.17) is 10.9 Å². The number of fused-ring (bicyclic) bond motifs is 1. The Morgan fingerprint density at radius 1 is 1.37 bits per heavy atom. The van der Waals surface area contributed by atoms with Gasteiger partial charge in [0.1, 0.15) is 0 Å². The minimum atomic E-state index is -0.140. The van der Waals surface area contributed by atoms with Gasteiger partial charge in [-0.25, -0.2) is 0 Å². The highest BCUT2D eigenvalue weighted by molar-refractivity contribution is 5.84. The third kappa shape index (κ3) is 3.00. The number of benzene rings is 1. The van der Waals surface area contributed by atoms with Crippen LogP contribution in [0.15, 0.2) is 41.6 Å². The molecule has 5 heteroatoms. The molecule has 0 bridgehead atoms. The van der Waals surface area contributed by atoms with E-state index in [2.05, 4.69) is 16.2 Å². The molecule has 19 heavy (non-hydrogen) atoms. The maximum absolute atomic E-state index is 8.68. The van der Waals surface area contributed by atoms with Gasteiger partial charge in [0.05, 0.1) is 17.3 Å². The molecule has 1 aromatic heterocycles. The maximum Gasteiger partial charge on any atom is 0.156 e. The number of nitrogens with zero attached hydrogens (tertiary/aromatic N) is 3.